The number of allylic oxidation sites excluding steroid dienone is 2. The first-order valence-corrected chi connectivity index (χ1v) is 9.21. The van der Waals surface area contributed by atoms with E-state index >= 15 is 0 Å². The average molecular weight is 306 g/mol. The Morgan fingerprint density at radius 3 is 2.55 bits per heavy atom. The molecule has 0 amide bonds. The van der Waals surface area contributed by atoms with E-state index in [0.29, 0.717) is 17.9 Å². The Balaban J connectivity index is 1.88. The van der Waals surface area contributed by atoms with Crippen molar-refractivity contribution in [2.24, 2.45) is 17.3 Å². The minimum absolute atomic E-state index is 0.0680. The lowest BCUT2D eigenvalue weighted by Crippen LogP contribution is -2.51. The number of rotatable bonds is 0. The summed E-state index contributed by atoms with van der Waals surface area (Å²) in [4.78, 5) is 0. The third-order valence-electron chi connectivity index (χ3n) is 7.22. The molecule has 2 fully saturated rings. The number of epoxide rings is 1. The average Bonchev–Trinajstić information content (AvgIpc) is 3.04. The van der Waals surface area contributed by atoms with Crippen LogP contribution >= 0.6 is 0 Å². The van der Waals surface area contributed by atoms with Gasteiger partial charge in [0.1, 0.15) is 0 Å². The van der Waals surface area contributed by atoms with E-state index in [9.17, 15) is 5.11 Å². The molecule has 0 aromatic rings. The normalized spacial score (nSPS) is 50.8. The predicted octanol–water partition coefficient (Wildman–Crippen LogP) is 4.86. The second-order valence-electron chi connectivity index (χ2n) is 9.25. The molecule has 1 N–H and O–H groups in total. The van der Waals surface area contributed by atoms with Crippen LogP contribution in [0.1, 0.15) is 79.6 Å². The minimum atomic E-state index is -0.524. The van der Waals surface area contributed by atoms with Crippen LogP contribution in [0.4, 0.5) is 0 Å². The predicted molar refractivity (Wildman–Crippen MR) is 90.7 cm³/mol. The van der Waals surface area contributed by atoms with Crippen LogP contribution in [-0.4, -0.2) is 22.4 Å². The summed E-state index contributed by atoms with van der Waals surface area (Å²) in [6.07, 6.45) is 10.7. The van der Waals surface area contributed by atoms with Gasteiger partial charge < -0.3 is 9.84 Å². The van der Waals surface area contributed by atoms with Gasteiger partial charge in [0.15, 0.2) is 0 Å². The van der Waals surface area contributed by atoms with Crippen LogP contribution in [0.15, 0.2) is 11.6 Å². The molecule has 1 saturated heterocycles. The van der Waals surface area contributed by atoms with Gasteiger partial charge in [-0.05, 0) is 83.0 Å². The molecule has 1 saturated carbocycles. The number of hydrogen-bond donors (Lipinski definition) is 1. The summed E-state index contributed by atoms with van der Waals surface area (Å²) in [6, 6.07) is 0. The van der Waals surface area contributed by atoms with Crippen molar-refractivity contribution in [2.75, 3.05) is 0 Å². The van der Waals surface area contributed by atoms with E-state index in [1.165, 1.54) is 18.4 Å². The highest BCUT2D eigenvalue weighted by molar-refractivity contribution is 5.09. The van der Waals surface area contributed by atoms with E-state index in [4.69, 9.17) is 4.74 Å². The lowest BCUT2D eigenvalue weighted by molar-refractivity contribution is -0.120. The van der Waals surface area contributed by atoms with Gasteiger partial charge in [0.05, 0.1) is 17.3 Å². The lowest BCUT2D eigenvalue weighted by atomic mass is 9.54. The van der Waals surface area contributed by atoms with Gasteiger partial charge in [0.25, 0.3) is 0 Å². The maximum Gasteiger partial charge on any atom is 0.0920 e. The Labute approximate surface area is 136 Å². The standard InChI is InChI=1S/C20H34O2/c1-14-6-8-15-10-12-19(4,21)16(18(15,2)3)11-13-20(5)17(22-20)9-7-14/h6,15-17,21H,7-13H2,1-5H3/b14-6-/t15-,16+,17+,19+,20-/m1/s1. The fourth-order valence-corrected chi connectivity index (χ4v) is 5.31. The summed E-state index contributed by atoms with van der Waals surface area (Å²) in [6.45, 7) is 11.4. The largest absolute Gasteiger partial charge is 0.390 e. The molecule has 5 atom stereocenters. The van der Waals surface area contributed by atoms with Crippen LogP contribution < -0.4 is 0 Å². The van der Waals surface area contributed by atoms with Gasteiger partial charge in [-0.2, -0.15) is 0 Å². The zero-order chi connectivity index (χ0) is 16.2. The summed E-state index contributed by atoms with van der Waals surface area (Å²) >= 11 is 0. The Kier molecular flexibility index (Phi) is 4.01. The minimum Gasteiger partial charge on any atom is -0.390 e. The van der Waals surface area contributed by atoms with Crippen LogP contribution in [0.3, 0.4) is 0 Å². The Morgan fingerprint density at radius 1 is 1.09 bits per heavy atom. The van der Waals surface area contributed by atoms with Crippen LogP contribution in [0, 0.1) is 17.3 Å². The van der Waals surface area contributed by atoms with E-state index in [1.807, 2.05) is 0 Å². The van der Waals surface area contributed by atoms with Gasteiger partial charge in [-0.1, -0.05) is 25.5 Å². The Morgan fingerprint density at radius 2 is 1.82 bits per heavy atom. The van der Waals surface area contributed by atoms with E-state index < -0.39 is 5.60 Å². The van der Waals surface area contributed by atoms with Gasteiger partial charge in [0.2, 0.25) is 0 Å². The summed E-state index contributed by atoms with van der Waals surface area (Å²) in [5.74, 6) is 1.06. The van der Waals surface area contributed by atoms with Crippen LogP contribution in [0.25, 0.3) is 0 Å². The summed E-state index contributed by atoms with van der Waals surface area (Å²) in [5, 5.41) is 11.0. The fraction of sp³-hybridized carbons (Fsp3) is 0.900. The van der Waals surface area contributed by atoms with Crippen molar-refractivity contribution >= 4 is 0 Å². The second kappa shape index (κ2) is 5.34. The summed E-state index contributed by atoms with van der Waals surface area (Å²) in [7, 11) is 0. The molecule has 3 aliphatic rings. The summed E-state index contributed by atoms with van der Waals surface area (Å²) < 4.78 is 6.03. The quantitative estimate of drug-likeness (QED) is 0.512. The molecule has 0 spiro atoms. The van der Waals surface area contributed by atoms with Crippen molar-refractivity contribution in [1.29, 1.82) is 0 Å². The molecule has 126 valence electrons. The van der Waals surface area contributed by atoms with E-state index in [-0.39, 0.29) is 11.0 Å². The molecular weight excluding hydrogens is 272 g/mol. The Hall–Kier alpha value is -0.340. The van der Waals surface area contributed by atoms with E-state index in [0.717, 1.165) is 32.1 Å². The molecule has 2 heteroatoms. The van der Waals surface area contributed by atoms with Crippen molar-refractivity contribution in [3.8, 4) is 0 Å². The Bertz CT molecular complexity index is 462. The molecule has 0 aromatic heterocycles. The van der Waals surface area contributed by atoms with Crippen molar-refractivity contribution in [3.05, 3.63) is 11.6 Å². The zero-order valence-corrected chi connectivity index (χ0v) is 15.1. The molecule has 3 rings (SSSR count). The van der Waals surface area contributed by atoms with Gasteiger partial charge in [-0.15, -0.1) is 0 Å². The van der Waals surface area contributed by atoms with Crippen LogP contribution in [-0.2, 0) is 4.74 Å². The van der Waals surface area contributed by atoms with Crippen molar-refractivity contribution in [2.45, 2.75) is 96.9 Å². The van der Waals surface area contributed by atoms with Gasteiger partial charge in [-0.25, -0.2) is 0 Å². The number of aliphatic hydroxyl groups is 1. The van der Waals surface area contributed by atoms with Gasteiger partial charge in [0, 0.05) is 0 Å². The lowest BCUT2D eigenvalue weighted by Gasteiger charge is -2.53. The molecular formula is C20H34O2. The van der Waals surface area contributed by atoms with Crippen molar-refractivity contribution in [1.82, 2.24) is 0 Å². The molecule has 0 radical (unpaired) electrons. The highest BCUT2D eigenvalue weighted by atomic mass is 16.6. The van der Waals surface area contributed by atoms with Gasteiger partial charge in [-0.3, -0.25) is 0 Å². The third kappa shape index (κ3) is 2.89. The molecule has 2 bridgehead atoms. The molecule has 1 aliphatic heterocycles. The number of hydrogen-bond acceptors (Lipinski definition) is 2. The smallest absolute Gasteiger partial charge is 0.0920 e. The molecule has 0 unspecified atom stereocenters. The van der Waals surface area contributed by atoms with Crippen molar-refractivity contribution < 1.29 is 9.84 Å². The van der Waals surface area contributed by atoms with Crippen LogP contribution in [0.2, 0.25) is 0 Å². The third-order valence-corrected chi connectivity index (χ3v) is 7.22. The monoisotopic (exact) mass is 306 g/mol. The first-order valence-electron chi connectivity index (χ1n) is 9.21. The molecule has 22 heavy (non-hydrogen) atoms. The maximum atomic E-state index is 11.0. The maximum absolute atomic E-state index is 11.0. The highest BCUT2D eigenvalue weighted by Gasteiger charge is 2.55. The van der Waals surface area contributed by atoms with E-state index in [2.05, 4.69) is 40.7 Å². The fourth-order valence-electron chi connectivity index (χ4n) is 5.31. The summed E-state index contributed by atoms with van der Waals surface area (Å²) in [5.41, 5.74) is 1.25. The first kappa shape index (κ1) is 16.5. The molecule has 2 aliphatic carbocycles. The number of fused-ring (bicyclic) bond motifs is 3. The zero-order valence-electron chi connectivity index (χ0n) is 15.1. The van der Waals surface area contributed by atoms with E-state index in [1.54, 1.807) is 0 Å². The van der Waals surface area contributed by atoms with Gasteiger partial charge >= 0.3 is 0 Å². The molecule has 1 heterocycles. The van der Waals surface area contributed by atoms with Crippen molar-refractivity contribution in [3.63, 3.8) is 0 Å². The molecule has 2 nitrogen and oxygen atoms in total. The van der Waals surface area contributed by atoms with Crippen LogP contribution in [0.5, 0.6) is 0 Å². The SMILES string of the molecule is C/C1=C/C[C@@H]2CC[C@](C)(O)[C@@H](CC[C@@]3(C)O[C@H]3CC1)C2(C)C. The second-order valence-corrected chi connectivity index (χ2v) is 9.25. The highest BCUT2D eigenvalue weighted by Crippen LogP contribution is 2.55. The first-order chi connectivity index (χ1) is 10.2. The number of ether oxygens (including phenoxy) is 1. The topological polar surface area (TPSA) is 32.8 Å². The molecule has 0 aromatic carbocycles.